The number of fused-ring (bicyclic) bond motifs is 3. The van der Waals surface area contributed by atoms with Crippen LogP contribution in [0.5, 0.6) is 0 Å². The third-order valence-corrected chi connectivity index (χ3v) is 6.95. The van der Waals surface area contributed by atoms with Gasteiger partial charge >= 0.3 is 0 Å². The van der Waals surface area contributed by atoms with Crippen LogP contribution >= 0.6 is 23.1 Å². The maximum absolute atomic E-state index is 12.9. The van der Waals surface area contributed by atoms with Gasteiger partial charge in [-0.05, 0) is 48.4 Å². The largest absolute Gasteiger partial charge is 0.351 e. The first-order chi connectivity index (χ1) is 13.1. The molecule has 140 valence electrons. The molecule has 0 unspecified atom stereocenters. The van der Waals surface area contributed by atoms with Crippen LogP contribution in [0.1, 0.15) is 29.3 Å². The van der Waals surface area contributed by atoms with E-state index in [0.29, 0.717) is 18.2 Å². The van der Waals surface area contributed by atoms with E-state index in [-0.39, 0.29) is 11.7 Å². The molecule has 1 atom stereocenters. The SMILES string of the molecule is C[C@H]1CCc2c(sc3ncnc(SCC(=O)NCc4ccc(F)cc4)c23)C1. The highest BCUT2D eigenvalue weighted by molar-refractivity contribution is 8.00. The standard InChI is InChI=1S/C20H20FN3OS2/c1-12-2-7-15-16(8-12)27-20-18(15)19(23-11-24-20)26-10-17(25)22-9-13-3-5-14(21)6-4-13/h3-6,11-12H,2,7-10H2,1H3,(H,22,25)/t12-/m0/s1. The van der Waals surface area contributed by atoms with Crippen molar-refractivity contribution in [1.82, 2.24) is 15.3 Å². The van der Waals surface area contributed by atoms with E-state index in [2.05, 4.69) is 22.2 Å². The van der Waals surface area contributed by atoms with Crippen molar-refractivity contribution in [2.45, 2.75) is 37.8 Å². The van der Waals surface area contributed by atoms with Gasteiger partial charge in [0.2, 0.25) is 5.91 Å². The number of rotatable bonds is 5. The van der Waals surface area contributed by atoms with Gasteiger partial charge in [0, 0.05) is 16.8 Å². The summed E-state index contributed by atoms with van der Waals surface area (Å²) in [4.78, 5) is 23.6. The van der Waals surface area contributed by atoms with Gasteiger partial charge in [0.1, 0.15) is 22.0 Å². The van der Waals surface area contributed by atoms with E-state index in [0.717, 1.165) is 33.6 Å². The van der Waals surface area contributed by atoms with Gasteiger partial charge < -0.3 is 5.32 Å². The van der Waals surface area contributed by atoms with Gasteiger partial charge in [0.05, 0.1) is 5.75 Å². The molecule has 1 N–H and O–H groups in total. The minimum Gasteiger partial charge on any atom is -0.351 e. The van der Waals surface area contributed by atoms with E-state index in [1.165, 1.54) is 40.8 Å². The molecule has 3 aromatic rings. The lowest BCUT2D eigenvalue weighted by molar-refractivity contribution is -0.118. The molecule has 1 aliphatic carbocycles. The third-order valence-electron chi connectivity index (χ3n) is 4.80. The first kappa shape index (κ1) is 18.4. The first-order valence-electron chi connectivity index (χ1n) is 8.99. The maximum atomic E-state index is 12.9. The molecule has 0 radical (unpaired) electrons. The van der Waals surface area contributed by atoms with Gasteiger partial charge in [-0.3, -0.25) is 4.79 Å². The molecule has 27 heavy (non-hydrogen) atoms. The smallest absolute Gasteiger partial charge is 0.230 e. The third kappa shape index (κ3) is 4.14. The van der Waals surface area contributed by atoms with E-state index in [1.54, 1.807) is 29.8 Å². The molecule has 0 bridgehead atoms. The Labute approximate surface area is 165 Å². The van der Waals surface area contributed by atoms with Crippen molar-refractivity contribution < 1.29 is 9.18 Å². The first-order valence-corrected chi connectivity index (χ1v) is 10.8. The molecule has 0 saturated heterocycles. The van der Waals surface area contributed by atoms with Gasteiger partial charge in [-0.2, -0.15) is 0 Å². The second-order valence-electron chi connectivity index (χ2n) is 6.90. The molecule has 1 aliphatic rings. The zero-order valence-corrected chi connectivity index (χ0v) is 16.6. The average molecular weight is 402 g/mol. The number of carbonyl (C=O) groups is 1. The van der Waals surface area contributed by atoms with Crippen LogP contribution in [0, 0.1) is 11.7 Å². The van der Waals surface area contributed by atoms with Crippen LogP contribution in [-0.4, -0.2) is 21.6 Å². The van der Waals surface area contributed by atoms with E-state index in [1.807, 2.05) is 0 Å². The Morgan fingerprint density at radius 1 is 1.33 bits per heavy atom. The highest BCUT2D eigenvalue weighted by Crippen LogP contribution is 2.40. The van der Waals surface area contributed by atoms with Crippen molar-refractivity contribution >= 4 is 39.2 Å². The van der Waals surface area contributed by atoms with Crippen molar-refractivity contribution in [3.63, 3.8) is 0 Å². The molecule has 1 aromatic carbocycles. The minimum atomic E-state index is -0.276. The second-order valence-corrected chi connectivity index (χ2v) is 8.95. The lowest BCUT2D eigenvalue weighted by Gasteiger charge is -2.18. The Balaban J connectivity index is 1.43. The normalized spacial score (nSPS) is 16.3. The molecule has 2 aromatic heterocycles. The van der Waals surface area contributed by atoms with Crippen molar-refractivity contribution in [2.24, 2.45) is 5.92 Å². The fourth-order valence-electron chi connectivity index (χ4n) is 3.34. The average Bonchev–Trinajstić information content (AvgIpc) is 3.03. The van der Waals surface area contributed by atoms with E-state index in [4.69, 9.17) is 0 Å². The molecule has 2 heterocycles. The molecular weight excluding hydrogens is 381 g/mol. The summed E-state index contributed by atoms with van der Waals surface area (Å²) in [6.07, 6.45) is 4.95. The molecule has 4 nitrogen and oxygen atoms in total. The quantitative estimate of drug-likeness (QED) is 0.510. The Kier molecular flexibility index (Phi) is 5.41. The number of nitrogens with zero attached hydrogens (tertiary/aromatic N) is 2. The molecule has 4 rings (SSSR count). The summed E-state index contributed by atoms with van der Waals surface area (Å²) in [5.74, 6) is 0.677. The number of hydrogen-bond acceptors (Lipinski definition) is 5. The van der Waals surface area contributed by atoms with E-state index in [9.17, 15) is 9.18 Å². The number of nitrogens with one attached hydrogen (secondary N) is 1. The molecule has 0 aliphatic heterocycles. The molecular formula is C20H20FN3OS2. The number of thioether (sulfide) groups is 1. The number of hydrogen-bond donors (Lipinski definition) is 1. The fraction of sp³-hybridized carbons (Fsp3) is 0.350. The van der Waals surface area contributed by atoms with E-state index >= 15 is 0 Å². The zero-order valence-electron chi connectivity index (χ0n) is 15.0. The lowest BCUT2D eigenvalue weighted by atomic mass is 9.89. The fourth-order valence-corrected chi connectivity index (χ4v) is 5.61. The predicted octanol–water partition coefficient (Wildman–Crippen LogP) is 4.36. The van der Waals surface area contributed by atoms with Gasteiger partial charge in [0.15, 0.2) is 0 Å². The summed E-state index contributed by atoms with van der Waals surface area (Å²) in [7, 11) is 0. The molecule has 1 amide bonds. The second kappa shape index (κ2) is 7.94. The minimum absolute atomic E-state index is 0.0613. The van der Waals surface area contributed by atoms with Crippen molar-refractivity contribution in [2.75, 3.05) is 5.75 Å². The summed E-state index contributed by atoms with van der Waals surface area (Å²) in [6.45, 7) is 2.69. The summed E-state index contributed by atoms with van der Waals surface area (Å²) >= 11 is 3.22. The van der Waals surface area contributed by atoms with Gasteiger partial charge in [-0.25, -0.2) is 14.4 Å². The van der Waals surface area contributed by atoms with Crippen LogP contribution < -0.4 is 5.32 Å². The summed E-state index contributed by atoms with van der Waals surface area (Å²) in [5, 5.41) is 4.91. The zero-order chi connectivity index (χ0) is 18.8. The van der Waals surface area contributed by atoms with E-state index < -0.39 is 0 Å². The van der Waals surface area contributed by atoms with Crippen LogP contribution in [-0.2, 0) is 24.2 Å². The number of amides is 1. The number of thiophene rings is 1. The Hall–Kier alpha value is -1.99. The number of aryl methyl sites for hydroxylation is 1. The molecule has 7 heteroatoms. The Bertz CT molecular complexity index is 971. The Morgan fingerprint density at radius 3 is 2.96 bits per heavy atom. The maximum Gasteiger partial charge on any atom is 0.230 e. The summed E-state index contributed by atoms with van der Waals surface area (Å²) in [5.41, 5.74) is 2.25. The molecule has 0 fully saturated rings. The van der Waals surface area contributed by atoms with Gasteiger partial charge in [-0.1, -0.05) is 30.8 Å². The highest BCUT2D eigenvalue weighted by atomic mass is 32.2. The monoisotopic (exact) mass is 401 g/mol. The van der Waals surface area contributed by atoms with Crippen molar-refractivity contribution in [3.05, 3.63) is 52.4 Å². The molecule has 0 spiro atoms. The van der Waals surface area contributed by atoms with Crippen LogP contribution in [0.4, 0.5) is 4.39 Å². The number of aromatic nitrogens is 2. The number of carbonyl (C=O) groups excluding carboxylic acids is 1. The number of halogens is 1. The van der Waals surface area contributed by atoms with Crippen molar-refractivity contribution in [1.29, 1.82) is 0 Å². The van der Waals surface area contributed by atoms with Crippen molar-refractivity contribution in [3.8, 4) is 0 Å². The highest BCUT2D eigenvalue weighted by Gasteiger charge is 2.23. The van der Waals surface area contributed by atoms with Gasteiger partial charge in [-0.15, -0.1) is 11.3 Å². The summed E-state index contributed by atoms with van der Waals surface area (Å²) in [6, 6.07) is 6.15. The van der Waals surface area contributed by atoms with Crippen LogP contribution in [0.25, 0.3) is 10.2 Å². The lowest BCUT2D eigenvalue weighted by Crippen LogP contribution is -2.24. The Morgan fingerprint density at radius 2 is 2.15 bits per heavy atom. The van der Waals surface area contributed by atoms with Gasteiger partial charge in [0.25, 0.3) is 0 Å². The van der Waals surface area contributed by atoms with Crippen LogP contribution in [0.2, 0.25) is 0 Å². The van der Waals surface area contributed by atoms with Crippen LogP contribution in [0.15, 0.2) is 35.6 Å². The number of benzene rings is 1. The predicted molar refractivity (Wildman–Crippen MR) is 108 cm³/mol. The topological polar surface area (TPSA) is 54.9 Å². The molecule has 0 saturated carbocycles. The summed E-state index contributed by atoms with van der Waals surface area (Å²) < 4.78 is 12.9. The van der Waals surface area contributed by atoms with Crippen LogP contribution in [0.3, 0.4) is 0 Å².